The molecule has 0 saturated heterocycles. The second-order valence-electron chi connectivity index (χ2n) is 4.59. The molecule has 1 unspecified atom stereocenters. The van der Waals surface area contributed by atoms with Gasteiger partial charge < -0.3 is 9.84 Å². The van der Waals surface area contributed by atoms with Crippen molar-refractivity contribution in [1.82, 2.24) is 0 Å². The lowest BCUT2D eigenvalue weighted by atomic mass is 9.99. The first-order valence-corrected chi connectivity index (χ1v) is 6.55. The first-order valence-electron chi connectivity index (χ1n) is 6.17. The Morgan fingerprint density at radius 1 is 1.21 bits per heavy atom. The third-order valence-corrected chi connectivity index (χ3v) is 3.32. The molecule has 19 heavy (non-hydrogen) atoms. The molecule has 0 bridgehead atoms. The molecule has 0 spiro atoms. The maximum atomic E-state index is 10.3. The standard InChI is InChI=1S/C16H17ClO2/c1-11-6-7-16(19-2)13(8-11)10-15(18)12-4-3-5-14(17)9-12/h3-9,15,18H,10H2,1-2H3. The lowest BCUT2D eigenvalue weighted by Crippen LogP contribution is -2.03. The van der Waals surface area contributed by atoms with Crippen molar-refractivity contribution < 1.29 is 9.84 Å². The average Bonchev–Trinajstić information content (AvgIpc) is 2.39. The molecule has 0 aliphatic rings. The number of ether oxygens (including phenoxy) is 1. The first-order chi connectivity index (χ1) is 9.10. The minimum absolute atomic E-state index is 0.505. The molecule has 0 radical (unpaired) electrons. The van der Waals surface area contributed by atoms with Crippen LogP contribution in [-0.4, -0.2) is 12.2 Å². The van der Waals surface area contributed by atoms with Crippen molar-refractivity contribution in [1.29, 1.82) is 0 Å². The summed E-state index contributed by atoms with van der Waals surface area (Å²) in [6, 6.07) is 13.3. The van der Waals surface area contributed by atoms with Gasteiger partial charge in [-0.3, -0.25) is 0 Å². The van der Waals surface area contributed by atoms with Crippen molar-refractivity contribution in [2.75, 3.05) is 7.11 Å². The largest absolute Gasteiger partial charge is 0.496 e. The number of halogens is 1. The number of methoxy groups -OCH3 is 1. The van der Waals surface area contributed by atoms with Crippen molar-refractivity contribution in [3.63, 3.8) is 0 Å². The Balaban J connectivity index is 2.23. The Morgan fingerprint density at radius 3 is 2.68 bits per heavy atom. The molecule has 2 aromatic rings. The van der Waals surface area contributed by atoms with Gasteiger partial charge in [0.2, 0.25) is 0 Å². The number of aliphatic hydroxyl groups is 1. The van der Waals surface area contributed by atoms with E-state index in [1.807, 2.05) is 37.3 Å². The van der Waals surface area contributed by atoms with Crippen molar-refractivity contribution in [3.8, 4) is 5.75 Å². The van der Waals surface area contributed by atoms with Crippen LogP contribution in [0.4, 0.5) is 0 Å². The van der Waals surface area contributed by atoms with Gasteiger partial charge in [0, 0.05) is 11.4 Å². The summed E-state index contributed by atoms with van der Waals surface area (Å²) >= 11 is 5.94. The Morgan fingerprint density at radius 2 is 2.00 bits per heavy atom. The number of hydrogen-bond acceptors (Lipinski definition) is 2. The van der Waals surface area contributed by atoms with Crippen LogP contribution >= 0.6 is 11.6 Å². The zero-order valence-electron chi connectivity index (χ0n) is 11.1. The van der Waals surface area contributed by atoms with E-state index in [1.165, 1.54) is 0 Å². The van der Waals surface area contributed by atoms with E-state index in [0.29, 0.717) is 11.4 Å². The quantitative estimate of drug-likeness (QED) is 0.917. The van der Waals surface area contributed by atoms with E-state index in [9.17, 15) is 5.11 Å². The highest BCUT2D eigenvalue weighted by Crippen LogP contribution is 2.27. The highest BCUT2D eigenvalue weighted by atomic mass is 35.5. The summed E-state index contributed by atoms with van der Waals surface area (Å²) in [7, 11) is 1.64. The van der Waals surface area contributed by atoms with Crippen molar-refractivity contribution in [3.05, 3.63) is 64.2 Å². The van der Waals surface area contributed by atoms with Gasteiger partial charge in [-0.15, -0.1) is 0 Å². The summed E-state index contributed by atoms with van der Waals surface area (Å²) in [5.41, 5.74) is 2.96. The lowest BCUT2D eigenvalue weighted by Gasteiger charge is -2.14. The zero-order chi connectivity index (χ0) is 13.8. The van der Waals surface area contributed by atoms with Gasteiger partial charge in [-0.05, 0) is 36.2 Å². The molecule has 0 aromatic heterocycles. The Bertz CT molecular complexity index is 566. The van der Waals surface area contributed by atoms with Crippen LogP contribution in [0.5, 0.6) is 5.75 Å². The second-order valence-corrected chi connectivity index (χ2v) is 5.03. The highest BCUT2D eigenvalue weighted by molar-refractivity contribution is 6.30. The Labute approximate surface area is 118 Å². The molecule has 2 nitrogen and oxygen atoms in total. The molecular formula is C16H17ClO2. The topological polar surface area (TPSA) is 29.5 Å². The average molecular weight is 277 g/mol. The zero-order valence-corrected chi connectivity index (χ0v) is 11.8. The van der Waals surface area contributed by atoms with E-state index in [2.05, 4.69) is 0 Å². The second kappa shape index (κ2) is 6.09. The van der Waals surface area contributed by atoms with E-state index in [0.717, 1.165) is 22.4 Å². The van der Waals surface area contributed by atoms with Crippen LogP contribution in [0.1, 0.15) is 22.8 Å². The normalized spacial score (nSPS) is 12.2. The van der Waals surface area contributed by atoms with Crippen LogP contribution in [0, 0.1) is 6.92 Å². The van der Waals surface area contributed by atoms with E-state index in [-0.39, 0.29) is 0 Å². The molecule has 100 valence electrons. The summed E-state index contributed by atoms with van der Waals surface area (Å²) in [6.07, 6.45) is -0.0834. The van der Waals surface area contributed by atoms with E-state index >= 15 is 0 Å². The fourth-order valence-electron chi connectivity index (χ4n) is 2.11. The summed E-state index contributed by atoms with van der Waals surface area (Å²) < 4.78 is 5.32. The molecule has 0 aliphatic heterocycles. The van der Waals surface area contributed by atoms with Crippen LogP contribution in [0.25, 0.3) is 0 Å². The SMILES string of the molecule is COc1ccc(C)cc1CC(O)c1cccc(Cl)c1. The van der Waals surface area contributed by atoms with Crippen LogP contribution in [0.15, 0.2) is 42.5 Å². The molecule has 2 aromatic carbocycles. The highest BCUT2D eigenvalue weighted by Gasteiger charge is 2.12. The van der Waals surface area contributed by atoms with Gasteiger partial charge in [0.1, 0.15) is 5.75 Å². The summed E-state index contributed by atoms with van der Waals surface area (Å²) in [5, 5.41) is 10.9. The van der Waals surface area contributed by atoms with E-state index < -0.39 is 6.10 Å². The maximum Gasteiger partial charge on any atom is 0.122 e. The van der Waals surface area contributed by atoms with Gasteiger partial charge in [0.25, 0.3) is 0 Å². The third-order valence-electron chi connectivity index (χ3n) is 3.08. The van der Waals surface area contributed by atoms with E-state index in [1.54, 1.807) is 19.2 Å². The summed E-state index contributed by atoms with van der Waals surface area (Å²) in [4.78, 5) is 0. The smallest absolute Gasteiger partial charge is 0.122 e. The number of hydrogen-bond donors (Lipinski definition) is 1. The van der Waals surface area contributed by atoms with E-state index in [4.69, 9.17) is 16.3 Å². The molecule has 2 rings (SSSR count). The summed E-state index contributed by atoms with van der Waals surface area (Å²) in [6.45, 7) is 2.02. The minimum Gasteiger partial charge on any atom is -0.496 e. The van der Waals surface area contributed by atoms with Crippen LogP contribution in [-0.2, 0) is 6.42 Å². The monoisotopic (exact) mass is 276 g/mol. The predicted octanol–water partition coefficient (Wildman–Crippen LogP) is 3.93. The molecule has 0 saturated carbocycles. The molecule has 0 heterocycles. The number of rotatable bonds is 4. The van der Waals surface area contributed by atoms with Gasteiger partial charge in [-0.1, -0.05) is 41.4 Å². The van der Waals surface area contributed by atoms with Crippen molar-refractivity contribution in [2.45, 2.75) is 19.4 Å². The molecule has 0 aliphatic carbocycles. The molecule has 1 atom stereocenters. The van der Waals surface area contributed by atoms with Crippen molar-refractivity contribution >= 4 is 11.6 Å². The predicted molar refractivity (Wildman–Crippen MR) is 77.8 cm³/mol. The molecule has 0 fully saturated rings. The third kappa shape index (κ3) is 3.49. The van der Waals surface area contributed by atoms with Crippen LogP contribution in [0.2, 0.25) is 5.02 Å². The number of aryl methyl sites for hydroxylation is 1. The van der Waals surface area contributed by atoms with Gasteiger partial charge in [-0.2, -0.15) is 0 Å². The molecular weight excluding hydrogens is 260 g/mol. The number of aliphatic hydroxyl groups excluding tert-OH is 1. The van der Waals surface area contributed by atoms with Gasteiger partial charge in [0.05, 0.1) is 13.2 Å². The molecule has 1 N–H and O–H groups in total. The fraction of sp³-hybridized carbons (Fsp3) is 0.250. The fourth-order valence-corrected chi connectivity index (χ4v) is 2.31. The van der Waals surface area contributed by atoms with Crippen LogP contribution in [0.3, 0.4) is 0 Å². The minimum atomic E-state index is -0.589. The number of benzene rings is 2. The van der Waals surface area contributed by atoms with Gasteiger partial charge in [0.15, 0.2) is 0 Å². The van der Waals surface area contributed by atoms with Gasteiger partial charge in [-0.25, -0.2) is 0 Å². The Kier molecular flexibility index (Phi) is 4.46. The lowest BCUT2D eigenvalue weighted by molar-refractivity contribution is 0.177. The van der Waals surface area contributed by atoms with Gasteiger partial charge >= 0.3 is 0 Å². The Hall–Kier alpha value is -1.51. The van der Waals surface area contributed by atoms with Crippen molar-refractivity contribution in [2.24, 2.45) is 0 Å². The summed E-state index contributed by atoms with van der Waals surface area (Å²) in [5.74, 6) is 0.798. The first kappa shape index (κ1) is 13.9. The molecule has 3 heteroatoms. The molecule has 0 amide bonds. The van der Waals surface area contributed by atoms with Crippen LogP contribution < -0.4 is 4.74 Å². The maximum absolute atomic E-state index is 10.3.